The van der Waals surface area contributed by atoms with Crippen molar-refractivity contribution < 1.29 is 0 Å². The van der Waals surface area contributed by atoms with E-state index in [4.69, 9.17) is 11.5 Å². The molecule has 42 valence electrons. The summed E-state index contributed by atoms with van der Waals surface area (Å²) in [6, 6.07) is 0.773. The van der Waals surface area contributed by atoms with Crippen LogP contribution in [0.15, 0.2) is 0 Å². The van der Waals surface area contributed by atoms with Crippen LogP contribution in [-0.4, -0.2) is 25.2 Å². The van der Waals surface area contributed by atoms with Gasteiger partial charge >= 0.3 is 0 Å². The minimum Gasteiger partial charge on any atom is -0.325 e. The molecule has 1 saturated carbocycles. The van der Waals surface area contributed by atoms with Crippen LogP contribution in [0.5, 0.6) is 0 Å². The monoisotopic (exact) mass is 101 g/mol. The molecule has 1 aliphatic rings. The lowest BCUT2D eigenvalue weighted by atomic mass is 10.7. The van der Waals surface area contributed by atoms with Crippen LogP contribution in [0.2, 0.25) is 0 Å². The molecule has 0 spiro atoms. The van der Waals surface area contributed by atoms with Gasteiger partial charge < -0.3 is 16.8 Å². The van der Waals surface area contributed by atoms with Gasteiger partial charge in [0, 0.05) is 18.1 Å². The Balaban J connectivity index is 2.24. The standard InChI is InChI=1S/C4H11N3/c1-7-4-2(5)3(4)6/h2-4,7H,5-6H2,1H3. The van der Waals surface area contributed by atoms with Crippen molar-refractivity contribution in [3.8, 4) is 0 Å². The van der Waals surface area contributed by atoms with Gasteiger partial charge in [0.25, 0.3) is 0 Å². The summed E-state index contributed by atoms with van der Waals surface area (Å²) < 4.78 is 0. The van der Waals surface area contributed by atoms with Gasteiger partial charge in [0.15, 0.2) is 0 Å². The van der Waals surface area contributed by atoms with Gasteiger partial charge in [-0.05, 0) is 7.05 Å². The van der Waals surface area contributed by atoms with Crippen LogP contribution in [0.3, 0.4) is 0 Å². The van der Waals surface area contributed by atoms with E-state index in [1.165, 1.54) is 0 Å². The normalized spacial score (nSPS) is 49.3. The molecule has 1 fully saturated rings. The van der Waals surface area contributed by atoms with Crippen molar-refractivity contribution >= 4 is 0 Å². The Morgan fingerprint density at radius 3 is 1.71 bits per heavy atom. The summed E-state index contributed by atoms with van der Waals surface area (Å²) in [4.78, 5) is 0. The Bertz CT molecular complexity index is 65.3. The molecular formula is C4H11N3. The third-order valence-electron chi connectivity index (χ3n) is 1.47. The van der Waals surface area contributed by atoms with Crippen LogP contribution < -0.4 is 16.8 Å². The van der Waals surface area contributed by atoms with Crippen molar-refractivity contribution in [1.29, 1.82) is 0 Å². The van der Waals surface area contributed by atoms with E-state index < -0.39 is 0 Å². The largest absolute Gasteiger partial charge is 0.325 e. The van der Waals surface area contributed by atoms with Crippen LogP contribution in [-0.2, 0) is 0 Å². The van der Waals surface area contributed by atoms with Crippen LogP contribution in [0, 0.1) is 0 Å². The number of likely N-dealkylation sites (N-methyl/N-ethyl adjacent to an activating group) is 1. The van der Waals surface area contributed by atoms with Crippen LogP contribution in [0.1, 0.15) is 0 Å². The fourth-order valence-corrected chi connectivity index (χ4v) is 0.744. The van der Waals surface area contributed by atoms with Gasteiger partial charge in [-0.25, -0.2) is 0 Å². The van der Waals surface area contributed by atoms with Gasteiger partial charge in [-0.3, -0.25) is 0 Å². The topological polar surface area (TPSA) is 64.1 Å². The fourth-order valence-electron chi connectivity index (χ4n) is 0.744. The second-order valence-corrected chi connectivity index (χ2v) is 1.97. The van der Waals surface area contributed by atoms with Crippen molar-refractivity contribution in [3.63, 3.8) is 0 Å². The van der Waals surface area contributed by atoms with Gasteiger partial charge in [-0.2, -0.15) is 0 Å². The maximum atomic E-state index is 5.43. The highest BCUT2D eigenvalue weighted by Crippen LogP contribution is 2.15. The maximum absolute atomic E-state index is 5.43. The summed E-state index contributed by atoms with van der Waals surface area (Å²) in [6.07, 6.45) is 0. The molecule has 0 aromatic rings. The molecule has 5 N–H and O–H groups in total. The molecule has 0 heterocycles. The molecule has 2 unspecified atom stereocenters. The Hall–Kier alpha value is -0.120. The highest BCUT2D eigenvalue weighted by Gasteiger charge is 2.43. The SMILES string of the molecule is CNC1C(N)C1N. The summed E-state index contributed by atoms with van der Waals surface area (Å²) >= 11 is 0. The Labute approximate surface area is 43.1 Å². The Morgan fingerprint density at radius 2 is 1.71 bits per heavy atom. The molecule has 3 heteroatoms. The van der Waals surface area contributed by atoms with Gasteiger partial charge in [0.2, 0.25) is 0 Å². The third kappa shape index (κ3) is 0.627. The first-order valence-corrected chi connectivity index (χ1v) is 2.46. The molecule has 3 nitrogen and oxygen atoms in total. The molecule has 1 rings (SSSR count). The number of nitrogens with one attached hydrogen (secondary N) is 1. The molecule has 0 aromatic carbocycles. The Morgan fingerprint density at radius 1 is 1.29 bits per heavy atom. The van der Waals surface area contributed by atoms with Crippen LogP contribution in [0.25, 0.3) is 0 Å². The minimum absolute atomic E-state index is 0.199. The van der Waals surface area contributed by atoms with E-state index in [0.717, 1.165) is 0 Å². The summed E-state index contributed by atoms with van der Waals surface area (Å²) in [5, 5.41) is 2.99. The van der Waals surface area contributed by atoms with Gasteiger partial charge in [0.1, 0.15) is 0 Å². The summed E-state index contributed by atoms with van der Waals surface area (Å²) in [7, 11) is 1.87. The molecule has 0 aromatic heterocycles. The minimum atomic E-state index is 0.199. The van der Waals surface area contributed by atoms with E-state index in [9.17, 15) is 0 Å². The van der Waals surface area contributed by atoms with Gasteiger partial charge in [-0.1, -0.05) is 0 Å². The summed E-state index contributed by atoms with van der Waals surface area (Å²) in [5.74, 6) is 0. The van der Waals surface area contributed by atoms with E-state index in [1.807, 2.05) is 7.05 Å². The zero-order valence-corrected chi connectivity index (χ0v) is 4.39. The van der Waals surface area contributed by atoms with Gasteiger partial charge in [-0.15, -0.1) is 0 Å². The molecule has 7 heavy (non-hydrogen) atoms. The number of rotatable bonds is 1. The van der Waals surface area contributed by atoms with E-state index in [0.29, 0.717) is 6.04 Å². The lowest BCUT2D eigenvalue weighted by Gasteiger charge is -1.85. The molecule has 0 aliphatic heterocycles. The van der Waals surface area contributed by atoms with Crippen LogP contribution in [0.4, 0.5) is 0 Å². The van der Waals surface area contributed by atoms with Gasteiger partial charge in [0.05, 0.1) is 0 Å². The lowest BCUT2D eigenvalue weighted by molar-refractivity contribution is 0.763. The fraction of sp³-hybridized carbons (Fsp3) is 1.00. The lowest BCUT2D eigenvalue weighted by Crippen LogP contribution is -2.18. The number of hydrogen-bond acceptors (Lipinski definition) is 3. The maximum Gasteiger partial charge on any atom is 0.0400 e. The highest BCUT2D eigenvalue weighted by molar-refractivity contribution is 5.10. The first-order chi connectivity index (χ1) is 3.27. The smallest absolute Gasteiger partial charge is 0.0400 e. The molecular weight excluding hydrogens is 90.1 g/mol. The van der Waals surface area contributed by atoms with Crippen molar-refractivity contribution in [3.05, 3.63) is 0 Å². The quantitative estimate of drug-likeness (QED) is 0.367. The summed E-state index contributed by atoms with van der Waals surface area (Å²) in [5.41, 5.74) is 10.9. The predicted molar refractivity (Wildman–Crippen MR) is 28.8 cm³/mol. The van der Waals surface area contributed by atoms with E-state index in [-0.39, 0.29) is 12.1 Å². The zero-order chi connectivity index (χ0) is 5.44. The highest BCUT2D eigenvalue weighted by atomic mass is 15.1. The molecule has 0 saturated heterocycles. The molecule has 0 amide bonds. The van der Waals surface area contributed by atoms with Crippen molar-refractivity contribution in [2.45, 2.75) is 18.1 Å². The zero-order valence-electron chi connectivity index (χ0n) is 4.39. The molecule has 2 atom stereocenters. The van der Waals surface area contributed by atoms with E-state index in [2.05, 4.69) is 5.32 Å². The number of hydrogen-bond donors (Lipinski definition) is 3. The predicted octanol–water partition coefficient (Wildman–Crippen LogP) is -1.76. The van der Waals surface area contributed by atoms with Crippen molar-refractivity contribution in [1.82, 2.24) is 5.32 Å². The average molecular weight is 101 g/mol. The first-order valence-electron chi connectivity index (χ1n) is 2.46. The van der Waals surface area contributed by atoms with Crippen LogP contribution >= 0.6 is 0 Å². The second-order valence-electron chi connectivity index (χ2n) is 1.97. The molecule has 1 aliphatic carbocycles. The number of nitrogens with two attached hydrogens (primary N) is 2. The van der Waals surface area contributed by atoms with E-state index >= 15 is 0 Å². The first kappa shape index (κ1) is 5.03. The van der Waals surface area contributed by atoms with Crippen molar-refractivity contribution in [2.75, 3.05) is 7.05 Å². The molecule has 0 radical (unpaired) electrons. The second kappa shape index (κ2) is 1.43. The molecule has 0 bridgehead atoms. The Kier molecular flexibility index (Phi) is 1.03. The van der Waals surface area contributed by atoms with Crippen molar-refractivity contribution in [2.24, 2.45) is 11.5 Å². The third-order valence-corrected chi connectivity index (χ3v) is 1.47. The summed E-state index contributed by atoms with van der Waals surface area (Å²) in [6.45, 7) is 0. The average Bonchev–Trinajstić information content (AvgIpc) is 2.17. The van der Waals surface area contributed by atoms with E-state index in [1.54, 1.807) is 0 Å².